The molecule has 0 unspecified atom stereocenters. The lowest BCUT2D eigenvalue weighted by molar-refractivity contribution is 0.839. The minimum atomic E-state index is 0.688. The van der Waals surface area contributed by atoms with Crippen molar-refractivity contribution in [2.24, 2.45) is 5.73 Å². The van der Waals surface area contributed by atoms with Crippen LogP contribution in [0.15, 0.2) is 24.3 Å². The lowest BCUT2D eigenvalue weighted by Crippen LogP contribution is -2.08. The molecule has 0 amide bonds. The molecule has 0 radical (unpaired) electrons. The maximum atomic E-state index is 5.59. The standard InChI is InChI=1S/C13H19NS/c1-2-3-8-13(15)12-7-5-4-6-11(12)9-10-14/h4-7H,2-3,8-10,14H2,1H3. The molecule has 2 heteroatoms. The molecular formula is C13H19NS. The van der Waals surface area contributed by atoms with E-state index in [1.54, 1.807) is 0 Å². The number of thiocarbonyl (C=S) groups is 1. The SMILES string of the molecule is CCCCC(=S)c1ccccc1CCN. The molecule has 0 saturated carbocycles. The quantitative estimate of drug-likeness (QED) is 0.590. The van der Waals surface area contributed by atoms with Crippen LogP contribution in [0.5, 0.6) is 0 Å². The predicted octanol–water partition coefficient (Wildman–Crippen LogP) is 3.10. The van der Waals surface area contributed by atoms with Crippen molar-refractivity contribution in [3.63, 3.8) is 0 Å². The van der Waals surface area contributed by atoms with Crippen molar-refractivity contribution in [1.82, 2.24) is 0 Å². The number of rotatable bonds is 6. The monoisotopic (exact) mass is 221 g/mol. The Morgan fingerprint density at radius 2 is 2.07 bits per heavy atom. The van der Waals surface area contributed by atoms with Crippen LogP contribution in [0, 0.1) is 0 Å². The van der Waals surface area contributed by atoms with Gasteiger partial charge in [-0.2, -0.15) is 0 Å². The first-order chi connectivity index (χ1) is 7.29. The topological polar surface area (TPSA) is 26.0 Å². The van der Waals surface area contributed by atoms with Gasteiger partial charge in [0.25, 0.3) is 0 Å². The summed E-state index contributed by atoms with van der Waals surface area (Å²) in [5.74, 6) is 0. The molecule has 0 aliphatic carbocycles. The van der Waals surface area contributed by atoms with Crippen molar-refractivity contribution in [2.45, 2.75) is 32.6 Å². The Hall–Kier alpha value is -0.730. The minimum Gasteiger partial charge on any atom is -0.330 e. The van der Waals surface area contributed by atoms with Crippen molar-refractivity contribution in [2.75, 3.05) is 6.54 Å². The molecule has 15 heavy (non-hydrogen) atoms. The van der Waals surface area contributed by atoms with E-state index in [0.717, 1.165) is 17.7 Å². The molecule has 1 rings (SSSR count). The second-order valence-corrected chi connectivity index (χ2v) is 4.22. The summed E-state index contributed by atoms with van der Waals surface area (Å²) in [7, 11) is 0. The Morgan fingerprint density at radius 3 is 2.73 bits per heavy atom. The van der Waals surface area contributed by atoms with Crippen molar-refractivity contribution >= 4 is 17.1 Å². The predicted molar refractivity (Wildman–Crippen MR) is 70.4 cm³/mol. The van der Waals surface area contributed by atoms with Crippen LogP contribution in [0.3, 0.4) is 0 Å². The van der Waals surface area contributed by atoms with Gasteiger partial charge in [-0.1, -0.05) is 49.8 Å². The van der Waals surface area contributed by atoms with E-state index in [0.29, 0.717) is 6.54 Å². The zero-order chi connectivity index (χ0) is 11.1. The molecule has 0 bridgehead atoms. The molecule has 0 aromatic heterocycles. The van der Waals surface area contributed by atoms with Crippen LogP contribution in [0.1, 0.15) is 37.3 Å². The number of unbranched alkanes of at least 4 members (excludes halogenated alkanes) is 1. The third-order valence-electron chi connectivity index (χ3n) is 2.49. The first-order valence-electron chi connectivity index (χ1n) is 5.60. The van der Waals surface area contributed by atoms with E-state index in [4.69, 9.17) is 18.0 Å². The molecule has 0 atom stereocenters. The van der Waals surface area contributed by atoms with E-state index in [9.17, 15) is 0 Å². The third-order valence-corrected chi connectivity index (χ3v) is 2.91. The number of hydrogen-bond donors (Lipinski definition) is 1. The van der Waals surface area contributed by atoms with E-state index in [1.807, 2.05) is 6.07 Å². The zero-order valence-electron chi connectivity index (χ0n) is 9.33. The third kappa shape index (κ3) is 3.73. The van der Waals surface area contributed by atoms with Crippen molar-refractivity contribution in [3.8, 4) is 0 Å². The highest BCUT2D eigenvalue weighted by molar-refractivity contribution is 7.80. The first-order valence-corrected chi connectivity index (χ1v) is 6.01. The van der Waals surface area contributed by atoms with Crippen LogP contribution in [0.25, 0.3) is 0 Å². The fraction of sp³-hybridized carbons (Fsp3) is 0.462. The van der Waals surface area contributed by atoms with Crippen molar-refractivity contribution < 1.29 is 0 Å². The Labute approximate surface area is 97.7 Å². The molecule has 2 N–H and O–H groups in total. The van der Waals surface area contributed by atoms with E-state index < -0.39 is 0 Å². The molecular weight excluding hydrogens is 202 g/mol. The van der Waals surface area contributed by atoms with Crippen molar-refractivity contribution in [1.29, 1.82) is 0 Å². The van der Waals surface area contributed by atoms with Gasteiger partial charge in [-0.25, -0.2) is 0 Å². The highest BCUT2D eigenvalue weighted by atomic mass is 32.1. The van der Waals surface area contributed by atoms with Gasteiger partial charge in [0.1, 0.15) is 0 Å². The normalized spacial score (nSPS) is 10.3. The Bertz CT molecular complexity index is 320. The summed E-state index contributed by atoms with van der Waals surface area (Å²) in [6.07, 6.45) is 4.31. The van der Waals surface area contributed by atoms with Gasteiger partial charge >= 0.3 is 0 Å². The van der Waals surface area contributed by atoms with Gasteiger partial charge in [0.2, 0.25) is 0 Å². The molecule has 0 spiro atoms. The molecule has 0 heterocycles. The van der Waals surface area contributed by atoms with E-state index in [2.05, 4.69) is 25.1 Å². The highest BCUT2D eigenvalue weighted by Crippen LogP contribution is 2.14. The van der Waals surface area contributed by atoms with Crippen LogP contribution in [0.2, 0.25) is 0 Å². The summed E-state index contributed by atoms with van der Waals surface area (Å²) in [4.78, 5) is 1.08. The second kappa shape index (κ2) is 6.70. The lowest BCUT2D eigenvalue weighted by Gasteiger charge is -2.09. The summed E-state index contributed by atoms with van der Waals surface area (Å²) >= 11 is 5.45. The van der Waals surface area contributed by atoms with Gasteiger partial charge in [0.15, 0.2) is 0 Å². The molecule has 1 nitrogen and oxygen atoms in total. The number of hydrogen-bond acceptors (Lipinski definition) is 2. The van der Waals surface area contributed by atoms with Crippen LogP contribution in [0.4, 0.5) is 0 Å². The molecule has 0 saturated heterocycles. The molecule has 1 aromatic carbocycles. The fourth-order valence-electron chi connectivity index (χ4n) is 1.64. The molecule has 82 valence electrons. The molecule has 0 aliphatic heterocycles. The van der Waals surface area contributed by atoms with E-state index in [1.165, 1.54) is 24.0 Å². The second-order valence-electron chi connectivity index (χ2n) is 3.72. The summed E-state index contributed by atoms with van der Waals surface area (Å²) in [6.45, 7) is 2.88. The van der Waals surface area contributed by atoms with E-state index >= 15 is 0 Å². The Kier molecular flexibility index (Phi) is 5.51. The van der Waals surface area contributed by atoms with Crippen LogP contribution < -0.4 is 5.73 Å². The summed E-state index contributed by atoms with van der Waals surface area (Å²) in [6, 6.07) is 8.34. The molecule has 0 aliphatic rings. The minimum absolute atomic E-state index is 0.688. The van der Waals surface area contributed by atoms with Gasteiger partial charge in [0, 0.05) is 4.86 Å². The van der Waals surface area contributed by atoms with Gasteiger partial charge < -0.3 is 5.73 Å². The average Bonchev–Trinajstić information content (AvgIpc) is 2.27. The van der Waals surface area contributed by atoms with Crippen LogP contribution in [-0.4, -0.2) is 11.4 Å². The van der Waals surface area contributed by atoms with Crippen LogP contribution >= 0.6 is 12.2 Å². The fourth-order valence-corrected chi connectivity index (χ4v) is 1.98. The number of nitrogens with two attached hydrogens (primary N) is 1. The summed E-state index contributed by atoms with van der Waals surface area (Å²) in [5.41, 5.74) is 8.11. The van der Waals surface area contributed by atoms with Gasteiger partial charge in [-0.3, -0.25) is 0 Å². The maximum Gasteiger partial charge on any atom is 0.0227 e. The smallest absolute Gasteiger partial charge is 0.0227 e. The van der Waals surface area contributed by atoms with Crippen molar-refractivity contribution in [3.05, 3.63) is 35.4 Å². The zero-order valence-corrected chi connectivity index (χ0v) is 10.1. The average molecular weight is 221 g/mol. The Morgan fingerprint density at radius 1 is 1.33 bits per heavy atom. The molecule has 1 aromatic rings. The van der Waals surface area contributed by atoms with Crippen LogP contribution in [-0.2, 0) is 6.42 Å². The van der Waals surface area contributed by atoms with Gasteiger partial charge in [-0.15, -0.1) is 0 Å². The Balaban J connectivity index is 2.77. The maximum absolute atomic E-state index is 5.59. The van der Waals surface area contributed by atoms with Gasteiger partial charge in [-0.05, 0) is 36.9 Å². The first kappa shape index (κ1) is 12.3. The summed E-state index contributed by atoms with van der Waals surface area (Å²) in [5, 5.41) is 0. The van der Waals surface area contributed by atoms with Gasteiger partial charge in [0.05, 0.1) is 0 Å². The lowest BCUT2D eigenvalue weighted by atomic mass is 9.99. The van der Waals surface area contributed by atoms with E-state index in [-0.39, 0.29) is 0 Å². The highest BCUT2D eigenvalue weighted by Gasteiger charge is 2.05. The summed E-state index contributed by atoms with van der Waals surface area (Å²) < 4.78 is 0. The molecule has 0 fully saturated rings. The number of benzene rings is 1. The largest absolute Gasteiger partial charge is 0.330 e.